The third-order valence-electron chi connectivity index (χ3n) is 4.89. The average Bonchev–Trinajstić information content (AvgIpc) is 3.08. The maximum atomic E-state index is 6.22. The highest BCUT2D eigenvalue weighted by atomic mass is 16.3. The highest BCUT2D eigenvalue weighted by Crippen LogP contribution is 2.37. The molecule has 0 aliphatic heterocycles. The van der Waals surface area contributed by atoms with Gasteiger partial charge in [0, 0.05) is 28.1 Å². The summed E-state index contributed by atoms with van der Waals surface area (Å²) < 4.78 is 6.22. The molecule has 2 heteroatoms. The summed E-state index contributed by atoms with van der Waals surface area (Å²) in [5.41, 5.74) is 7.47. The minimum atomic E-state index is 0.925. The summed E-state index contributed by atoms with van der Waals surface area (Å²) >= 11 is 0. The van der Waals surface area contributed by atoms with Gasteiger partial charge in [-0.25, -0.2) is 0 Å². The summed E-state index contributed by atoms with van der Waals surface area (Å²) in [5, 5.41) is 2.31. The summed E-state index contributed by atoms with van der Waals surface area (Å²) in [6.45, 7) is 2.14. The van der Waals surface area contributed by atoms with Crippen LogP contribution in [-0.2, 0) is 0 Å². The van der Waals surface area contributed by atoms with Gasteiger partial charge < -0.3 is 4.42 Å². The summed E-state index contributed by atoms with van der Waals surface area (Å²) in [5.74, 6) is 0. The molecule has 0 bridgehead atoms. The zero-order chi connectivity index (χ0) is 17.5. The first-order valence-electron chi connectivity index (χ1n) is 8.74. The van der Waals surface area contributed by atoms with Crippen molar-refractivity contribution in [2.75, 3.05) is 0 Å². The van der Waals surface area contributed by atoms with Crippen LogP contribution in [0.5, 0.6) is 0 Å². The van der Waals surface area contributed by atoms with Crippen molar-refractivity contribution in [1.29, 1.82) is 0 Å². The van der Waals surface area contributed by atoms with E-state index in [4.69, 9.17) is 4.42 Å². The number of hydrogen-bond donors (Lipinski definition) is 0. The molecule has 0 unspecified atom stereocenters. The first-order valence-corrected chi connectivity index (χ1v) is 8.74. The smallest absolute Gasteiger partial charge is 0.143 e. The van der Waals surface area contributed by atoms with E-state index in [1.54, 1.807) is 0 Å². The molecule has 124 valence electrons. The lowest BCUT2D eigenvalue weighted by Crippen LogP contribution is -1.88. The van der Waals surface area contributed by atoms with Crippen LogP contribution in [-0.4, -0.2) is 4.98 Å². The third-order valence-corrected chi connectivity index (χ3v) is 4.89. The van der Waals surface area contributed by atoms with Crippen molar-refractivity contribution in [1.82, 2.24) is 4.98 Å². The van der Waals surface area contributed by atoms with Gasteiger partial charge in [-0.1, -0.05) is 54.6 Å². The van der Waals surface area contributed by atoms with Crippen molar-refractivity contribution in [3.8, 4) is 22.4 Å². The van der Waals surface area contributed by atoms with Crippen molar-refractivity contribution in [2.45, 2.75) is 6.92 Å². The molecule has 0 aliphatic rings. The van der Waals surface area contributed by atoms with Gasteiger partial charge in [-0.2, -0.15) is 0 Å². The predicted octanol–water partition coefficient (Wildman–Crippen LogP) is 6.62. The highest BCUT2D eigenvalue weighted by Gasteiger charge is 2.14. The number of rotatable bonds is 2. The Hall–Kier alpha value is -3.39. The van der Waals surface area contributed by atoms with E-state index in [1.807, 2.05) is 36.5 Å². The number of benzene rings is 3. The molecular weight excluding hydrogens is 318 g/mol. The predicted molar refractivity (Wildman–Crippen MR) is 107 cm³/mol. The monoisotopic (exact) mass is 335 g/mol. The van der Waals surface area contributed by atoms with Gasteiger partial charge in [-0.15, -0.1) is 0 Å². The normalized spacial score (nSPS) is 11.3. The second kappa shape index (κ2) is 5.85. The molecule has 0 N–H and O–H groups in total. The Labute approximate surface area is 151 Å². The van der Waals surface area contributed by atoms with E-state index in [0.717, 1.165) is 38.8 Å². The van der Waals surface area contributed by atoms with Crippen LogP contribution < -0.4 is 0 Å². The average molecular weight is 335 g/mol. The van der Waals surface area contributed by atoms with Gasteiger partial charge in [0.2, 0.25) is 0 Å². The van der Waals surface area contributed by atoms with E-state index in [2.05, 4.69) is 60.4 Å². The van der Waals surface area contributed by atoms with Crippen LogP contribution in [0.4, 0.5) is 0 Å². The van der Waals surface area contributed by atoms with Gasteiger partial charge in [0.1, 0.15) is 11.2 Å². The number of aromatic nitrogens is 1. The Morgan fingerprint density at radius 1 is 0.731 bits per heavy atom. The summed E-state index contributed by atoms with van der Waals surface area (Å²) in [6.07, 6.45) is 1.83. The van der Waals surface area contributed by atoms with E-state index >= 15 is 0 Å². The molecule has 0 spiro atoms. The lowest BCUT2D eigenvalue weighted by molar-refractivity contribution is 0.670. The molecule has 5 rings (SSSR count). The Balaban J connectivity index is 1.78. The molecule has 0 amide bonds. The summed E-state index contributed by atoms with van der Waals surface area (Å²) in [4.78, 5) is 4.49. The van der Waals surface area contributed by atoms with Gasteiger partial charge in [0.05, 0.1) is 5.69 Å². The minimum absolute atomic E-state index is 0.925. The van der Waals surface area contributed by atoms with Gasteiger partial charge in [-0.3, -0.25) is 4.98 Å². The second-order valence-electron chi connectivity index (χ2n) is 6.53. The number of para-hydroxylation sites is 2. The van der Waals surface area contributed by atoms with Crippen molar-refractivity contribution < 1.29 is 4.42 Å². The van der Waals surface area contributed by atoms with Crippen molar-refractivity contribution in [3.05, 3.63) is 90.6 Å². The quantitative estimate of drug-likeness (QED) is 0.362. The topological polar surface area (TPSA) is 26.0 Å². The van der Waals surface area contributed by atoms with Crippen molar-refractivity contribution in [3.63, 3.8) is 0 Å². The van der Waals surface area contributed by atoms with E-state index in [1.165, 1.54) is 11.1 Å². The molecule has 2 nitrogen and oxygen atoms in total. The van der Waals surface area contributed by atoms with Gasteiger partial charge >= 0.3 is 0 Å². The number of pyridine rings is 1. The molecule has 0 atom stereocenters. The van der Waals surface area contributed by atoms with Gasteiger partial charge in [0.15, 0.2) is 0 Å². The fourth-order valence-corrected chi connectivity index (χ4v) is 3.56. The van der Waals surface area contributed by atoms with E-state index < -0.39 is 0 Å². The van der Waals surface area contributed by atoms with E-state index in [0.29, 0.717) is 0 Å². The SMILES string of the molecule is Cc1ccc(-c2ccccn2)cc1-c1cccc2c1oc1ccccc12. The summed E-state index contributed by atoms with van der Waals surface area (Å²) in [6, 6.07) is 27.0. The van der Waals surface area contributed by atoms with E-state index in [9.17, 15) is 0 Å². The third kappa shape index (κ3) is 2.31. The van der Waals surface area contributed by atoms with Crippen LogP contribution in [0.25, 0.3) is 44.3 Å². The Kier molecular flexibility index (Phi) is 3.36. The number of aryl methyl sites for hydroxylation is 1. The lowest BCUT2D eigenvalue weighted by Gasteiger charge is -2.10. The molecule has 0 saturated heterocycles. The number of hydrogen-bond acceptors (Lipinski definition) is 2. The fourth-order valence-electron chi connectivity index (χ4n) is 3.56. The fraction of sp³-hybridized carbons (Fsp3) is 0.0417. The zero-order valence-electron chi connectivity index (χ0n) is 14.4. The Morgan fingerprint density at radius 3 is 2.46 bits per heavy atom. The number of fused-ring (bicyclic) bond motifs is 3. The highest BCUT2D eigenvalue weighted by molar-refractivity contribution is 6.09. The van der Waals surface area contributed by atoms with Crippen LogP contribution in [0.15, 0.2) is 89.5 Å². The maximum absolute atomic E-state index is 6.22. The first kappa shape index (κ1) is 14.9. The van der Waals surface area contributed by atoms with Crippen LogP contribution in [0, 0.1) is 6.92 Å². The molecule has 3 aromatic carbocycles. The standard InChI is InChI=1S/C24H17NO/c1-16-12-13-17(22-10-4-5-14-25-22)15-21(16)20-9-6-8-19-18-7-2-3-11-23(18)26-24(19)20/h2-15H,1H3. The molecule has 2 heterocycles. The first-order chi connectivity index (χ1) is 12.8. The van der Waals surface area contributed by atoms with Gasteiger partial charge in [-0.05, 0) is 42.3 Å². The maximum Gasteiger partial charge on any atom is 0.143 e. The van der Waals surface area contributed by atoms with Crippen molar-refractivity contribution >= 4 is 21.9 Å². The molecule has 0 saturated carbocycles. The van der Waals surface area contributed by atoms with Crippen molar-refractivity contribution in [2.24, 2.45) is 0 Å². The molecule has 0 aliphatic carbocycles. The molecule has 26 heavy (non-hydrogen) atoms. The Bertz CT molecular complexity index is 1240. The molecular formula is C24H17NO. The lowest BCUT2D eigenvalue weighted by atomic mass is 9.95. The second-order valence-corrected chi connectivity index (χ2v) is 6.53. The largest absolute Gasteiger partial charge is 0.455 e. The van der Waals surface area contributed by atoms with Crippen LogP contribution in [0.3, 0.4) is 0 Å². The van der Waals surface area contributed by atoms with Crippen LogP contribution in [0.1, 0.15) is 5.56 Å². The Morgan fingerprint density at radius 2 is 1.58 bits per heavy atom. The molecule has 0 fully saturated rings. The molecule has 2 aromatic heterocycles. The number of furan rings is 1. The van der Waals surface area contributed by atoms with E-state index in [-0.39, 0.29) is 0 Å². The minimum Gasteiger partial charge on any atom is -0.455 e. The van der Waals surface area contributed by atoms with Gasteiger partial charge in [0.25, 0.3) is 0 Å². The van der Waals surface area contributed by atoms with Crippen LogP contribution >= 0.6 is 0 Å². The van der Waals surface area contributed by atoms with Crippen LogP contribution in [0.2, 0.25) is 0 Å². The summed E-state index contributed by atoms with van der Waals surface area (Å²) in [7, 11) is 0. The zero-order valence-corrected chi connectivity index (χ0v) is 14.4. The number of nitrogens with zero attached hydrogens (tertiary/aromatic N) is 1. The molecule has 0 radical (unpaired) electrons. The molecule has 5 aromatic rings.